The molecule has 1 aromatic heterocycles. The van der Waals surface area contributed by atoms with Gasteiger partial charge in [0, 0.05) is 14.0 Å². The van der Waals surface area contributed by atoms with Crippen LogP contribution in [0, 0.1) is 0 Å². The van der Waals surface area contributed by atoms with E-state index < -0.39 is 11.9 Å². The minimum absolute atomic E-state index is 0.00381. The van der Waals surface area contributed by atoms with Gasteiger partial charge in [0.1, 0.15) is 5.82 Å². The van der Waals surface area contributed by atoms with Crippen LogP contribution in [0.4, 0.5) is 0 Å². The number of imidazole rings is 1. The highest BCUT2D eigenvalue weighted by molar-refractivity contribution is 5.84. The summed E-state index contributed by atoms with van der Waals surface area (Å²) in [4.78, 5) is 40.4. The third-order valence-electron chi connectivity index (χ3n) is 4.51. The van der Waals surface area contributed by atoms with E-state index in [0.29, 0.717) is 5.82 Å². The Hall–Kier alpha value is -3.68. The van der Waals surface area contributed by atoms with Crippen LogP contribution in [-0.4, -0.2) is 27.3 Å². The Kier molecular flexibility index (Phi) is 6.23. The van der Waals surface area contributed by atoms with Crippen LogP contribution in [0.2, 0.25) is 0 Å². The second kappa shape index (κ2) is 9.01. The van der Waals surface area contributed by atoms with Gasteiger partial charge in [0.15, 0.2) is 0 Å². The van der Waals surface area contributed by atoms with E-state index in [9.17, 15) is 14.4 Å². The van der Waals surface area contributed by atoms with Gasteiger partial charge in [0.25, 0.3) is 0 Å². The first-order valence-electron chi connectivity index (χ1n) is 9.24. The number of aromatic nitrogens is 2. The molecule has 0 radical (unpaired) electrons. The summed E-state index contributed by atoms with van der Waals surface area (Å²) in [6.07, 6.45) is 0.0232. The van der Waals surface area contributed by atoms with Crippen LogP contribution < -0.4 is 16.2 Å². The number of nitrogens with one attached hydrogen (secondary N) is 3. The normalized spacial score (nSPS) is 11.7. The molecule has 1 atom stereocenters. The monoisotopic (exact) mass is 393 g/mol. The molecule has 0 saturated carbocycles. The van der Waals surface area contributed by atoms with Crippen LogP contribution in [0.1, 0.15) is 30.8 Å². The molecule has 0 bridgehead atoms. The Bertz CT molecular complexity index is 1030. The van der Waals surface area contributed by atoms with E-state index in [1.807, 2.05) is 66.2 Å². The smallest absolute Gasteiger partial charge is 0.245 e. The fourth-order valence-corrected chi connectivity index (χ4v) is 3.10. The van der Waals surface area contributed by atoms with Crippen molar-refractivity contribution in [3.05, 3.63) is 66.0 Å². The number of para-hydroxylation sites is 2. The van der Waals surface area contributed by atoms with Gasteiger partial charge in [-0.1, -0.05) is 42.5 Å². The molecule has 0 aliphatic heterocycles. The molecule has 3 rings (SSSR count). The Morgan fingerprint density at radius 1 is 0.966 bits per heavy atom. The molecule has 1 heterocycles. The van der Waals surface area contributed by atoms with E-state index in [1.165, 1.54) is 6.92 Å². The molecule has 0 aliphatic rings. The summed E-state index contributed by atoms with van der Waals surface area (Å²) in [6.45, 7) is 1.40. The van der Waals surface area contributed by atoms with Gasteiger partial charge in [-0.25, -0.2) is 4.98 Å². The summed E-state index contributed by atoms with van der Waals surface area (Å²) < 4.78 is 1.85. The zero-order chi connectivity index (χ0) is 20.8. The van der Waals surface area contributed by atoms with Crippen molar-refractivity contribution in [3.8, 4) is 0 Å². The molecule has 3 aromatic rings. The number of carbonyl (C=O) groups is 3. The summed E-state index contributed by atoms with van der Waals surface area (Å²) in [7, 11) is 1.84. The number of nitrogens with zero attached hydrogens (tertiary/aromatic N) is 2. The number of aryl methyl sites for hydroxylation is 1. The summed E-state index contributed by atoms with van der Waals surface area (Å²) in [5.74, 6) is -0.436. The number of amides is 3. The van der Waals surface area contributed by atoms with Crippen molar-refractivity contribution in [2.24, 2.45) is 7.05 Å². The number of hydrogen-bond acceptors (Lipinski definition) is 4. The predicted octanol–water partition coefficient (Wildman–Crippen LogP) is 1.53. The zero-order valence-electron chi connectivity index (χ0n) is 16.3. The number of carbonyl (C=O) groups excluding carboxylic acids is 3. The maximum absolute atomic E-state index is 12.3. The Morgan fingerprint density at radius 3 is 2.31 bits per heavy atom. The van der Waals surface area contributed by atoms with Gasteiger partial charge in [-0.2, -0.15) is 0 Å². The van der Waals surface area contributed by atoms with Gasteiger partial charge in [-0.3, -0.25) is 25.2 Å². The Balaban J connectivity index is 1.56. The molecule has 2 aromatic carbocycles. The summed E-state index contributed by atoms with van der Waals surface area (Å²) in [5, 5.41) is 2.75. The molecule has 0 fully saturated rings. The van der Waals surface area contributed by atoms with Gasteiger partial charge in [-0.15, -0.1) is 0 Å². The molecule has 8 nitrogen and oxygen atoms in total. The van der Waals surface area contributed by atoms with Gasteiger partial charge in [0.2, 0.25) is 17.7 Å². The van der Waals surface area contributed by atoms with Crippen molar-refractivity contribution in [3.63, 3.8) is 0 Å². The molecular weight excluding hydrogens is 370 g/mol. The molecule has 150 valence electrons. The molecule has 3 amide bonds. The van der Waals surface area contributed by atoms with Crippen LogP contribution in [0.25, 0.3) is 11.0 Å². The lowest BCUT2D eigenvalue weighted by Gasteiger charge is -2.18. The molecule has 0 saturated heterocycles. The molecule has 29 heavy (non-hydrogen) atoms. The maximum Gasteiger partial charge on any atom is 0.245 e. The maximum atomic E-state index is 12.3. The first-order chi connectivity index (χ1) is 13.9. The van der Waals surface area contributed by atoms with Gasteiger partial charge in [0.05, 0.1) is 29.9 Å². The first-order valence-corrected chi connectivity index (χ1v) is 9.24. The fourth-order valence-electron chi connectivity index (χ4n) is 3.10. The minimum atomic E-state index is -0.481. The van der Waals surface area contributed by atoms with Crippen LogP contribution in [0.3, 0.4) is 0 Å². The van der Waals surface area contributed by atoms with Crippen LogP contribution >= 0.6 is 0 Å². The standard InChI is InChI=1S/C21H23N5O3/c1-14(27)22-17(15-8-4-3-5-9-15)12-20(28)24-25-21(29)13-19-23-16-10-6-7-11-18(16)26(19)2/h3-11,17H,12-13H2,1-2H3,(H,22,27)(H,24,28)(H,25,29)/t17-/m0/s1. The lowest BCUT2D eigenvalue weighted by molar-refractivity contribution is -0.129. The van der Waals surface area contributed by atoms with E-state index in [1.54, 1.807) is 0 Å². The van der Waals surface area contributed by atoms with Gasteiger partial charge in [-0.05, 0) is 17.7 Å². The molecular formula is C21H23N5O3. The first kappa shape index (κ1) is 20.1. The number of benzene rings is 2. The zero-order valence-corrected chi connectivity index (χ0v) is 16.3. The van der Waals surface area contributed by atoms with Crippen molar-refractivity contribution in [2.75, 3.05) is 0 Å². The number of fused-ring (bicyclic) bond motifs is 1. The van der Waals surface area contributed by atoms with Gasteiger partial charge < -0.3 is 9.88 Å². The Morgan fingerprint density at radius 2 is 1.62 bits per heavy atom. The molecule has 0 spiro atoms. The second-order valence-corrected chi connectivity index (χ2v) is 6.72. The number of rotatable bonds is 6. The second-order valence-electron chi connectivity index (χ2n) is 6.72. The average Bonchev–Trinajstić information content (AvgIpc) is 3.02. The molecule has 8 heteroatoms. The third kappa shape index (κ3) is 5.19. The summed E-state index contributed by atoms with van der Waals surface area (Å²) >= 11 is 0. The number of hydrazine groups is 1. The topological polar surface area (TPSA) is 105 Å². The van der Waals surface area contributed by atoms with Crippen molar-refractivity contribution >= 4 is 28.8 Å². The van der Waals surface area contributed by atoms with Crippen molar-refractivity contribution in [1.29, 1.82) is 0 Å². The van der Waals surface area contributed by atoms with E-state index in [2.05, 4.69) is 21.2 Å². The lowest BCUT2D eigenvalue weighted by Crippen LogP contribution is -2.44. The van der Waals surface area contributed by atoms with Crippen LogP contribution in [-0.2, 0) is 27.9 Å². The summed E-state index contributed by atoms with van der Waals surface area (Å²) in [5.41, 5.74) is 7.36. The van der Waals surface area contributed by atoms with E-state index in [-0.39, 0.29) is 24.7 Å². The van der Waals surface area contributed by atoms with E-state index in [4.69, 9.17) is 0 Å². The van der Waals surface area contributed by atoms with Crippen molar-refractivity contribution < 1.29 is 14.4 Å². The molecule has 3 N–H and O–H groups in total. The van der Waals surface area contributed by atoms with E-state index >= 15 is 0 Å². The van der Waals surface area contributed by atoms with E-state index in [0.717, 1.165) is 16.6 Å². The van der Waals surface area contributed by atoms with Gasteiger partial charge >= 0.3 is 0 Å². The van der Waals surface area contributed by atoms with Crippen LogP contribution in [0.15, 0.2) is 54.6 Å². The summed E-state index contributed by atoms with van der Waals surface area (Å²) in [6, 6.07) is 16.3. The lowest BCUT2D eigenvalue weighted by atomic mass is 10.0. The van der Waals surface area contributed by atoms with Crippen molar-refractivity contribution in [1.82, 2.24) is 25.7 Å². The quantitative estimate of drug-likeness (QED) is 0.552. The van der Waals surface area contributed by atoms with Crippen molar-refractivity contribution in [2.45, 2.75) is 25.8 Å². The highest BCUT2D eigenvalue weighted by Crippen LogP contribution is 2.16. The highest BCUT2D eigenvalue weighted by atomic mass is 16.2. The highest BCUT2D eigenvalue weighted by Gasteiger charge is 2.18. The predicted molar refractivity (Wildman–Crippen MR) is 108 cm³/mol. The minimum Gasteiger partial charge on any atom is -0.349 e. The average molecular weight is 393 g/mol. The molecule has 0 unspecified atom stereocenters. The third-order valence-corrected chi connectivity index (χ3v) is 4.51. The molecule has 0 aliphatic carbocycles. The largest absolute Gasteiger partial charge is 0.349 e. The fraction of sp³-hybridized carbons (Fsp3) is 0.238. The van der Waals surface area contributed by atoms with Crippen LogP contribution in [0.5, 0.6) is 0 Å². The Labute approximate surface area is 168 Å². The number of hydrogen-bond donors (Lipinski definition) is 3. The SMILES string of the molecule is CC(=O)N[C@@H](CC(=O)NNC(=O)Cc1nc2ccccc2n1C)c1ccccc1.